The number of carbonyl (C=O) groups excluding carboxylic acids is 1. The number of H-pyrrole nitrogens is 1. The van der Waals surface area contributed by atoms with Crippen LogP contribution < -0.4 is 4.74 Å². The van der Waals surface area contributed by atoms with E-state index in [1.54, 1.807) is 18.9 Å². The number of rotatable bonds is 2. The lowest BCUT2D eigenvalue weighted by Crippen LogP contribution is -2.22. The van der Waals surface area contributed by atoms with E-state index in [9.17, 15) is 4.79 Å². The maximum atomic E-state index is 11.4. The van der Waals surface area contributed by atoms with Crippen LogP contribution in [0.3, 0.4) is 0 Å². The zero-order valence-electron chi connectivity index (χ0n) is 10.9. The molecular weight excluding hydrogens is 242 g/mol. The van der Waals surface area contributed by atoms with Crippen LogP contribution in [0.15, 0.2) is 24.3 Å². The van der Waals surface area contributed by atoms with E-state index in [4.69, 9.17) is 4.74 Å². The smallest absolute Gasteiger partial charge is 0.220 e. The van der Waals surface area contributed by atoms with Crippen LogP contribution >= 0.6 is 0 Å². The van der Waals surface area contributed by atoms with E-state index in [1.165, 1.54) is 0 Å². The number of carbonyl (C=O) groups is 1. The van der Waals surface area contributed by atoms with Gasteiger partial charge in [0, 0.05) is 18.1 Å². The van der Waals surface area contributed by atoms with Gasteiger partial charge in [-0.1, -0.05) is 0 Å². The van der Waals surface area contributed by atoms with Crippen LogP contribution in [0.5, 0.6) is 5.75 Å². The molecule has 1 aromatic heterocycles. The molecule has 0 saturated carbocycles. The van der Waals surface area contributed by atoms with Gasteiger partial charge in [-0.05, 0) is 24.3 Å². The molecule has 0 atom stereocenters. The van der Waals surface area contributed by atoms with E-state index in [0.29, 0.717) is 13.1 Å². The van der Waals surface area contributed by atoms with Gasteiger partial charge in [0.15, 0.2) is 0 Å². The minimum Gasteiger partial charge on any atom is -0.497 e. The molecule has 2 heterocycles. The minimum absolute atomic E-state index is 0.0882. The molecule has 0 fully saturated rings. The van der Waals surface area contributed by atoms with Crippen LogP contribution in [0.25, 0.3) is 11.3 Å². The van der Waals surface area contributed by atoms with Crippen molar-refractivity contribution in [1.82, 2.24) is 15.1 Å². The quantitative estimate of drug-likeness (QED) is 0.894. The van der Waals surface area contributed by atoms with Gasteiger partial charge in [-0.2, -0.15) is 5.10 Å². The summed E-state index contributed by atoms with van der Waals surface area (Å²) in [5.74, 6) is 0.909. The van der Waals surface area contributed by atoms with Gasteiger partial charge in [0.1, 0.15) is 5.75 Å². The zero-order valence-corrected chi connectivity index (χ0v) is 10.9. The standard InChI is InChI=1S/C14H15N3O2/c1-9(18)17-7-12-13(8-17)15-16-14(12)10-3-5-11(19-2)6-4-10/h3-6H,7-8H2,1-2H3,(H,15,16). The summed E-state index contributed by atoms with van der Waals surface area (Å²) in [7, 11) is 1.64. The summed E-state index contributed by atoms with van der Waals surface area (Å²) in [6.07, 6.45) is 0. The molecule has 1 aliphatic rings. The van der Waals surface area contributed by atoms with Gasteiger partial charge in [-0.25, -0.2) is 0 Å². The molecular formula is C14H15N3O2. The molecule has 0 radical (unpaired) electrons. The highest BCUT2D eigenvalue weighted by atomic mass is 16.5. The van der Waals surface area contributed by atoms with Gasteiger partial charge in [-0.15, -0.1) is 0 Å². The van der Waals surface area contributed by atoms with Crippen molar-refractivity contribution in [2.75, 3.05) is 7.11 Å². The molecule has 0 spiro atoms. The fourth-order valence-electron chi connectivity index (χ4n) is 2.35. The monoisotopic (exact) mass is 257 g/mol. The summed E-state index contributed by atoms with van der Waals surface area (Å²) in [4.78, 5) is 13.2. The van der Waals surface area contributed by atoms with E-state index in [1.807, 2.05) is 24.3 Å². The largest absolute Gasteiger partial charge is 0.497 e. The molecule has 5 nitrogen and oxygen atoms in total. The molecule has 1 N–H and O–H groups in total. The third-order valence-corrected chi connectivity index (χ3v) is 3.46. The average molecular weight is 257 g/mol. The first kappa shape index (κ1) is 11.8. The van der Waals surface area contributed by atoms with Crippen molar-refractivity contribution in [2.24, 2.45) is 0 Å². The normalized spacial score (nSPS) is 13.5. The van der Waals surface area contributed by atoms with Crippen LogP contribution in [-0.4, -0.2) is 28.1 Å². The summed E-state index contributed by atoms with van der Waals surface area (Å²) in [6.45, 7) is 2.84. The Morgan fingerprint density at radius 2 is 2.05 bits per heavy atom. The molecule has 0 aliphatic carbocycles. The first-order chi connectivity index (χ1) is 9.19. The molecule has 1 aliphatic heterocycles. The topological polar surface area (TPSA) is 58.2 Å². The Labute approximate surface area is 111 Å². The number of nitrogens with one attached hydrogen (secondary N) is 1. The van der Waals surface area contributed by atoms with Gasteiger partial charge >= 0.3 is 0 Å². The predicted octanol–water partition coefficient (Wildman–Crippen LogP) is 1.95. The third kappa shape index (κ3) is 1.97. The molecule has 1 amide bonds. The van der Waals surface area contributed by atoms with Crippen molar-refractivity contribution in [1.29, 1.82) is 0 Å². The molecule has 2 aromatic rings. The first-order valence-electron chi connectivity index (χ1n) is 6.15. The van der Waals surface area contributed by atoms with Crippen LogP contribution in [0.4, 0.5) is 0 Å². The number of fused-ring (bicyclic) bond motifs is 1. The minimum atomic E-state index is 0.0882. The van der Waals surface area contributed by atoms with E-state index in [-0.39, 0.29) is 5.91 Å². The fourth-order valence-corrected chi connectivity index (χ4v) is 2.35. The Hall–Kier alpha value is -2.30. The third-order valence-electron chi connectivity index (χ3n) is 3.46. The second-order valence-electron chi connectivity index (χ2n) is 4.63. The van der Waals surface area contributed by atoms with Crippen molar-refractivity contribution >= 4 is 5.91 Å². The van der Waals surface area contributed by atoms with E-state index in [0.717, 1.165) is 28.3 Å². The molecule has 0 bridgehead atoms. The summed E-state index contributed by atoms with van der Waals surface area (Å²) < 4.78 is 5.15. The molecule has 3 rings (SSSR count). The Morgan fingerprint density at radius 1 is 1.32 bits per heavy atom. The van der Waals surface area contributed by atoms with Crippen LogP contribution in [-0.2, 0) is 17.9 Å². The maximum absolute atomic E-state index is 11.4. The number of amides is 1. The molecule has 0 saturated heterocycles. The summed E-state index contributed by atoms with van der Waals surface area (Å²) in [5, 5.41) is 7.38. The van der Waals surface area contributed by atoms with Crippen molar-refractivity contribution < 1.29 is 9.53 Å². The van der Waals surface area contributed by atoms with Crippen molar-refractivity contribution in [2.45, 2.75) is 20.0 Å². The summed E-state index contributed by atoms with van der Waals surface area (Å²) >= 11 is 0. The van der Waals surface area contributed by atoms with E-state index in [2.05, 4.69) is 10.2 Å². The van der Waals surface area contributed by atoms with Crippen LogP contribution in [0.2, 0.25) is 0 Å². The predicted molar refractivity (Wildman–Crippen MR) is 70.5 cm³/mol. The van der Waals surface area contributed by atoms with Crippen molar-refractivity contribution in [3.63, 3.8) is 0 Å². The highest BCUT2D eigenvalue weighted by molar-refractivity contribution is 5.75. The number of ether oxygens (including phenoxy) is 1. The number of methoxy groups -OCH3 is 1. The maximum Gasteiger partial charge on any atom is 0.220 e. The zero-order chi connectivity index (χ0) is 13.4. The van der Waals surface area contributed by atoms with Gasteiger partial charge in [0.25, 0.3) is 0 Å². The Balaban J connectivity index is 1.93. The van der Waals surface area contributed by atoms with Gasteiger partial charge in [0.05, 0.1) is 31.6 Å². The lowest BCUT2D eigenvalue weighted by molar-refractivity contribution is -0.129. The van der Waals surface area contributed by atoms with Crippen molar-refractivity contribution in [3.8, 4) is 17.0 Å². The second kappa shape index (κ2) is 4.42. The number of nitrogens with zero attached hydrogens (tertiary/aromatic N) is 2. The average Bonchev–Trinajstić information content (AvgIpc) is 2.98. The highest BCUT2D eigenvalue weighted by Gasteiger charge is 2.26. The molecule has 0 unspecified atom stereocenters. The fraction of sp³-hybridized carbons (Fsp3) is 0.286. The number of aromatic nitrogens is 2. The number of hydrogen-bond donors (Lipinski definition) is 1. The van der Waals surface area contributed by atoms with Crippen molar-refractivity contribution in [3.05, 3.63) is 35.5 Å². The van der Waals surface area contributed by atoms with Crippen LogP contribution in [0, 0.1) is 0 Å². The number of aromatic amines is 1. The number of benzene rings is 1. The molecule has 19 heavy (non-hydrogen) atoms. The lowest BCUT2D eigenvalue weighted by atomic mass is 10.1. The summed E-state index contributed by atoms with van der Waals surface area (Å²) in [5.41, 5.74) is 4.09. The molecule has 5 heteroatoms. The van der Waals surface area contributed by atoms with E-state index >= 15 is 0 Å². The number of hydrogen-bond acceptors (Lipinski definition) is 3. The van der Waals surface area contributed by atoms with E-state index < -0.39 is 0 Å². The SMILES string of the molecule is COc1ccc(-c2n[nH]c3c2CN(C(C)=O)C3)cc1. The van der Waals surface area contributed by atoms with Gasteiger partial charge in [0.2, 0.25) is 5.91 Å². The lowest BCUT2D eigenvalue weighted by Gasteiger charge is -2.12. The Morgan fingerprint density at radius 3 is 2.68 bits per heavy atom. The van der Waals surface area contributed by atoms with Gasteiger partial charge < -0.3 is 9.64 Å². The molecule has 1 aromatic carbocycles. The van der Waals surface area contributed by atoms with Gasteiger partial charge in [-0.3, -0.25) is 9.89 Å². The highest BCUT2D eigenvalue weighted by Crippen LogP contribution is 2.31. The second-order valence-corrected chi connectivity index (χ2v) is 4.63. The molecule has 98 valence electrons. The first-order valence-corrected chi connectivity index (χ1v) is 6.15. The Bertz CT molecular complexity index is 616. The van der Waals surface area contributed by atoms with Crippen LogP contribution in [0.1, 0.15) is 18.2 Å². The Kier molecular flexibility index (Phi) is 2.74. The summed E-state index contributed by atoms with van der Waals surface area (Å²) in [6, 6.07) is 7.78.